The van der Waals surface area contributed by atoms with Gasteiger partial charge >= 0.3 is 0 Å². The third kappa shape index (κ3) is 4.56. The highest BCUT2D eigenvalue weighted by atomic mass is 32.1. The second kappa shape index (κ2) is 9.49. The van der Waals surface area contributed by atoms with Gasteiger partial charge in [-0.15, -0.1) is 0 Å². The first kappa shape index (κ1) is 23.6. The highest BCUT2D eigenvalue weighted by Gasteiger charge is 2.29. The van der Waals surface area contributed by atoms with E-state index in [4.69, 9.17) is 9.97 Å². The van der Waals surface area contributed by atoms with Crippen LogP contribution in [0.1, 0.15) is 53.4 Å². The fourth-order valence-corrected chi connectivity index (χ4v) is 7.30. The standard InChI is InChI=1S/C24H32N6O2S2/c1-15-7-5-9-27(13-15)29(17(3)31)23-25-19-11-20-22(12-21(19)33-23)34-24(26-20)30(18(4)32)28-10-6-8-16(2)14-28/h11-12,15-16H,5-10,13-14H2,1-4H3. The lowest BCUT2D eigenvalue weighted by Gasteiger charge is -2.37. The van der Waals surface area contributed by atoms with Crippen LogP contribution in [0.5, 0.6) is 0 Å². The van der Waals surface area contributed by atoms with E-state index in [1.807, 2.05) is 6.07 Å². The fourth-order valence-electron chi connectivity index (χ4n) is 5.11. The van der Waals surface area contributed by atoms with Crippen molar-refractivity contribution in [2.45, 2.75) is 53.4 Å². The third-order valence-electron chi connectivity index (χ3n) is 6.67. The van der Waals surface area contributed by atoms with Crippen molar-refractivity contribution in [3.05, 3.63) is 12.1 Å². The minimum Gasteiger partial charge on any atom is -0.273 e. The van der Waals surface area contributed by atoms with Crippen LogP contribution < -0.4 is 10.0 Å². The third-order valence-corrected chi connectivity index (χ3v) is 8.66. The topological polar surface area (TPSA) is 72.9 Å². The maximum Gasteiger partial charge on any atom is 0.240 e. The average molecular weight is 501 g/mol. The minimum absolute atomic E-state index is 0.0109. The lowest BCUT2D eigenvalue weighted by atomic mass is 10.0. The molecule has 2 atom stereocenters. The molecule has 2 fully saturated rings. The van der Waals surface area contributed by atoms with Crippen molar-refractivity contribution in [1.29, 1.82) is 0 Å². The largest absolute Gasteiger partial charge is 0.273 e. The molecule has 0 spiro atoms. The van der Waals surface area contributed by atoms with Crippen LogP contribution in [0, 0.1) is 11.8 Å². The lowest BCUT2D eigenvalue weighted by Crippen LogP contribution is -2.50. The van der Waals surface area contributed by atoms with Crippen molar-refractivity contribution in [1.82, 2.24) is 20.0 Å². The van der Waals surface area contributed by atoms with Crippen LogP contribution in [-0.4, -0.2) is 58.0 Å². The number of nitrogens with zero attached hydrogens (tertiary/aromatic N) is 6. The maximum absolute atomic E-state index is 12.6. The van der Waals surface area contributed by atoms with Crippen molar-refractivity contribution < 1.29 is 9.59 Å². The van der Waals surface area contributed by atoms with Crippen LogP contribution in [0.2, 0.25) is 0 Å². The monoisotopic (exact) mass is 500 g/mol. The van der Waals surface area contributed by atoms with E-state index in [0.29, 0.717) is 22.1 Å². The van der Waals surface area contributed by atoms with Crippen molar-refractivity contribution in [2.75, 3.05) is 36.2 Å². The predicted molar refractivity (Wildman–Crippen MR) is 139 cm³/mol. The van der Waals surface area contributed by atoms with Gasteiger partial charge in [0.1, 0.15) is 0 Å². The van der Waals surface area contributed by atoms with E-state index in [1.54, 1.807) is 23.9 Å². The van der Waals surface area contributed by atoms with Gasteiger partial charge in [0.2, 0.25) is 22.1 Å². The molecule has 0 saturated carbocycles. The second-order valence-electron chi connectivity index (χ2n) is 9.76. The van der Waals surface area contributed by atoms with Gasteiger partial charge in [-0.05, 0) is 49.7 Å². The molecule has 5 rings (SSSR count). The van der Waals surface area contributed by atoms with Gasteiger partial charge in [-0.1, -0.05) is 36.5 Å². The minimum atomic E-state index is -0.0109. The molecule has 8 nitrogen and oxygen atoms in total. The van der Waals surface area contributed by atoms with Crippen molar-refractivity contribution in [3.8, 4) is 0 Å². The van der Waals surface area contributed by atoms with Crippen molar-refractivity contribution in [2.24, 2.45) is 11.8 Å². The van der Waals surface area contributed by atoms with E-state index in [1.165, 1.54) is 35.5 Å². The Bertz CT molecular complexity index is 1080. The molecular formula is C24H32N6O2S2. The summed E-state index contributed by atoms with van der Waals surface area (Å²) < 4.78 is 2.05. The van der Waals surface area contributed by atoms with E-state index in [2.05, 4.69) is 29.9 Å². The quantitative estimate of drug-likeness (QED) is 0.507. The van der Waals surface area contributed by atoms with Crippen LogP contribution in [0.25, 0.3) is 20.4 Å². The molecule has 34 heavy (non-hydrogen) atoms. The Morgan fingerprint density at radius 1 is 0.824 bits per heavy atom. The SMILES string of the molecule is CC(=O)N(c1nc2cc3nc(N(C(C)=O)N4CCCC(C)C4)sc3cc2s1)N1CCCC(C)C1. The van der Waals surface area contributed by atoms with Crippen LogP contribution in [-0.2, 0) is 9.59 Å². The number of benzene rings is 1. The number of hydrogen-bond donors (Lipinski definition) is 0. The van der Waals surface area contributed by atoms with E-state index in [9.17, 15) is 9.59 Å². The van der Waals surface area contributed by atoms with Crippen molar-refractivity contribution in [3.63, 3.8) is 0 Å². The van der Waals surface area contributed by atoms with Crippen LogP contribution >= 0.6 is 22.7 Å². The normalized spacial score (nSPS) is 22.4. The molecule has 2 aliphatic heterocycles. The number of carbonyl (C=O) groups is 2. The number of thiazole rings is 2. The molecule has 10 heteroatoms. The Kier molecular flexibility index (Phi) is 6.58. The van der Waals surface area contributed by atoms with Gasteiger partial charge in [0.05, 0.1) is 20.4 Å². The zero-order valence-electron chi connectivity index (χ0n) is 20.3. The number of hydrogen-bond acceptors (Lipinski definition) is 8. The van der Waals surface area contributed by atoms with Crippen LogP contribution in [0.4, 0.5) is 10.3 Å². The second-order valence-corrected chi connectivity index (χ2v) is 11.8. The van der Waals surface area contributed by atoms with Gasteiger partial charge in [-0.25, -0.2) is 30.0 Å². The summed E-state index contributed by atoms with van der Waals surface area (Å²) in [6.45, 7) is 11.2. The maximum atomic E-state index is 12.6. The molecule has 2 aliphatic rings. The molecule has 2 unspecified atom stereocenters. The van der Waals surface area contributed by atoms with E-state index < -0.39 is 0 Å². The fraction of sp³-hybridized carbons (Fsp3) is 0.583. The van der Waals surface area contributed by atoms with Crippen molar-refractivity contribution >= 4 is 65.2 Å². The lowest BCUT2D eigenvalue weighted by molar-refractivity contribution is -0.120. The summed E-state index contributed by atoms with van der Waals surface area (Å²) in [4.78, 5) is 34.8. The first-order chi connectivity index (χ1) is 16.3. The Morgan fingerprint density at radius 2 is 1.26 bits per heavy atom. The number of amides is 2. The van der Waals surface area contributed by atoms with Gasteiger partial charge < -0.3 is 0 Å². The van der Waals surface area contributed by atoms with E-state index in [-0.39, 0.29) is 11.8 Å². The number of anilines is 2. The number of fused-ring (bicyclic) bond motifs is 2. The molecule has 3 aromatic rings. The van der Waals surface area contributed by atoms with E-state index >= 15 is 0 Å². The zero-order valence-corrected chi connectivity index (χ0v) is 21.9. The molecule has 0 radical (unpaired) electrons. The molecule has 0 N–H and O–H groups in total. The number of rotatable bonds is 4. The summed E-state index contributed by atoms with van der Waals surface area (Å²) in [6, 6.07) is 4.08. The Hall–Kier alpha value is -2.14. The molecule has 2 amide bonds. The molecule has 0 aliphatic carbocycles. The van der Waals surface area contributed by atoms with Gasteiger partial charge in [0.15, 0.2) is 0 Å². The van der Waals surface area contributed by atoms with Crippen LogP contribution in [0.15, 0.2) is 12.1 Å². The van der Waals surface area contributed by atoms with Crippen LogP contribution in [0.3, 0.4) is 0 Å². The summed E-state index contributed by atoms with van der Waals surface area (Å²) in [6.07, 6.45) is 4.56. The summed E-state index contributed by atoms with van der Waals surface area (Å²) in [7, 11) is 0. The van der Waals surface area contributed by atoms with Gasteiger partial charge in [0.25, 0.3) is 0 Å². The number of hydrazine groups is 2. The van der Waals surface area contributed by atoms with Gasteiger partial charge in [-0.2, -0.15) is 0 Å². The molecule has 2 aromatic heterocycles. The number of piperidine rings is 2. The molecular weight excluding hydrogens is 468 g/mol. The van der Waals surface area contributed by atoms with E-state index in [0.717, 1.165) is 59.5 Å². The summed E-state index contributed by atoms with van der Waals surface area (Å²) in [5.41, 5.74) is 1.67. The Balaban J connectivity index is 1.47. The first-order valence-corrected chi connectivity index (χ1v) is 13.8. The predicted octanol–water partition coefficient (Wildman–Crippen LogP) is 4.91. The smallest absolute Gasteiger partial charge is 0.240 e. The Morgan fingerprint density at radius 3 is 1.65 bits per heavy atom. The number of aromatic nitrogens is 2. The summed E-state index contributed by atoms with van der Waals surface area (Å²) in [5.74, 6) is 1.10. The highest BCUT2D eigenvalue weighted by Crippen LogP contribution is 2.38. The molecule has 1 aromatic carbocycles. The summed E-state index contributed by atoms with van der Waals surface area (Å²) >= 11 is 3.07. The highest BCUT2D eigenvalue weighted by molar-refractivity contribution is 7.24. The first-order valence-electron chi connectivity index (χ1n) is 12.1. The van der Waals surface area contributed by atoms with Gasteiger partial charge in [0, 0.05) is 40.0 Å². The molecule has 2 saturated heterocycles. The number of carbonyl (C=O) groups excluding carboxylic acids is 2. The van der Waals surface area contributed by atoms with Gasteiger partial charge in [-0.3, -0.25) is 9.59 Å². The average Bonchev–Trinajstić information content (AvgIpc) is 3.34. The summed E-state index contributed by atoms with van der Waals surface area (Å²) in [5, 5.41) is 9.20. The Labute approximate surface area is 208 Å². The zero-order chi connectivity index (χ0) is 24.0. The molecule has 0 bridgehead atoms. The molecule has 4 heterocycles. The molecule has 182 valence electrons.